The summed E-state index contributed by atoms with van der Waals surface area (Å²) in [5.74, 6) is 1.75. The summed E-state index contributed by atoms with van der Waals surface area (Å²) >= 11 is 0. The second-order valence-corrected chi connectivity index (χ2v) is 6.35. The summed E-state index contributed by atoms with van der Waals surface area (Å²) in [6.07, 6.45) is 1.53. The molecule has 0 aliphatic carbocycles. The van der Waals surface area contributed by atoms with Crippen molar-refractivity contribution in [1.82, 2.24) is 15.3 Å². The van der Waals surface area contributed by atoms with Gasteiger partial charge in [0.05, 0.1) is 25.5 Å². The SMILES string of the molecule is COc1ccccc1CNC(=O)c1cnc(NCc2ccccc2OC)nc1C. The van der Waals surface area contributed by atoms with Gasteiger partial charge in [0.25, 0.3) is 5.91 Å². The van der Waals surface area contributed by atoms with Gasteiger partial charge in [-0.05, 0) is 19.1 Å². The van der Waals surface area contributed by atoms with E-state index in [0.717, 1.165) is 22.6 Å². The van der Waals surface area contributed by atoms with Gasteiger partial charge in [-0.25, -0.2) is 9.97 Å². The molecule has 1 aromatic heterocycles. The Balaban J connectivity index is 1.63. The number of carbonyl (C=O) groups is 1. The Morgan fingerprint density at radius 3 is 2.10 bits per heavy atom. The molecule has 7 heteroatoms. The molecule has 0 bridgehead atoms. The van der Waals surface area contributed by atoms with E-state index in [1.54, 1.807) is 21.1 Å². The van der Waals surface area contributed by atoms with E-state index in [0.29, 0.717) is 30.3 Å². The molecule has 150 valence electrons. The Labute approximate surface area is 170 Å². The van der Waals surface area contributed by atoms with E-state index in [-0.39, 0.29) is 5.91 Å². The number of hydrogen-bond acceptors (Lipinski definition) is 6. The number of benzene rings is 2. The molecular formula is C22H24N4O3. The van der Waals surface area contributed by atoms with Gasteiger partial charge in [-0.2, -0.15) is 0 Å². The second-order valence-electron chi connectivity index (χ2n) is 6.35. The van der Waals surface area contributed by atoms with E-state index in [1.807, 2.05) is 48.5 Å². The van der Waals surface area contributed by atoms with Gasteiger partial charge in [0, 0.05) is 30.4 Å². The van der Waals surface area contributed by atoms with E-state index >= 15 is 0 Å². The number of rotatable bonds is 8. The van der Waals surface area contributed by atoms with Gasteiger partial charge in [0.1, 0.15) is 11.5 Å². The maximum absolute atomic E-state index is 12.5. The zero-order valence-corrected chi connectivity index (χ0v) is 16.7. The van der Waals surface area contributed by atoms with Crippen molar-refractivity contribution >= 4 is 11.9 Å². The zero-order valence-electron chi connectivity index (χ0n) is 16.7. The van der Waals surface area contributed by atoms with Crippen LogP contribution in [0.1, 0.15) is 27.2 Å². The average Bonchev–Trinajstić information content (AvgIpc) is 2.76. The van der Waals surface area contributed by atoms with Gasteiger partial charge < -0.3 is 20.1 Å². The highest BCUT2D eigenvalue weighted by molar-refractivity contribution is 5.95. The maximum Gasteiger partial charge on any atom is 0.254 e. The van der Waals surface area contributed by atoms with Crippen LogP contribution in [0.5, 0.6) is 11.5 Å². The van der Waals surface area contributed by atoms with Crippen LogP contribution in [0.2, 0.25) is 0 Å². The van der Waals surface area contributed by atoms with E-state index in [2.05, 4.69) is 20.6 Å². The number of para-hydroxylation sites is 2. The lowest BCUT2D eigenvalue weighted by molar-refractivity contribution is 0.0949. The van der Waals surface area contributed by atoms with Crippen LogP contribution >= 0.6 is 0 Å². The molecule has 1 amide bonds. The number of ether oxygens (including phenoxy) is 2. The fourth-order valence-corrected chi connectivity index (χ4v) is 2.92. The quantitative estimate of drug-likeness (QED) is 0.612. The molecule has 3 rings (SSSR count). The average molecular weight is 392 g/mol. The van der Waals surface area contributed by atoms with Crippen LogP contribution in [0.3, 0.4) is 0 Å². The summed E-state index contributed by atoms with van der Waals surface area (Å²) in [5.41, 5.74) is 2.93. The Hall–Kier alpha value is -3.61. The molecule has 0 aliphatic heterocycles. The molecule has 0 aliphatic rings. The monoisotopic (exact) mass is 392 g/mol. The molecular weight excluding hydrogens is 368 g/mol. The van der Waals surface area contributed by atoms with Crippen molar-refractivity contribution in [2.45, 2.75) is 20.0 Å². The van der Waals surface area contributed by atoms with Crippen LogP contribution in [-0.2, 0) is 13.1 Å². The molecule has 1 heterocycles. The first kappa shape index (κ1) is 20.1. The van der Waals surface area contributed by atoms with E-state index in [9.17, 15) is 4.79 Å². The molecule has 0 atom stereocenters. The van der Waals surface area contributed by atoms with Crippen molar-refractivity contribution in [3.63, 3.8) is 0 Å². The predicted octanol–water partition coefficient (Wildman–Crippen LogP) is 3.34. The first-order chi connectivity index (χ1) is 14.1. The summed E-state index contributed by atoms with van der Waals surface area (Å²) in [5, 5.41) is 6.05. The van der Waals surface area contributed by atoms with E-state index < -0.39 is 0 Å². The van der Waals surface area contributed by atoms with Crippen molar-refractivity contribution < 1.29 is 14.3 Å². The highest BCUT2D eigenvalue weighted by Crippen LogP contribution is 2.19. The first-order valence-electron chi connectivity index (χ1n) is 9.22. The first-order valence-corrected chi connectivity index (χ1v) is 9.22. The third-order valence-corrected chi connectivity index (χ3v) is 4.49. The molecule has 2 N–H and O–H groups in total. The smallest absolute Gasteiger partial charge is 0.254 e. The van der Waals surface area contributed by atoms with Crippen molar-refractivity contribution in [2.75, 3.05) is 19.5 Å². The highest BCUT2D eigenvalue weighted by atomic mass is 16.5. The lowest BCUT2D eigenvalue weighted by Gasteiger charge is -2.12. The molecule has 2 aromatic carbocycles. The van der Waals surface area contributed by atoms with Gasteiger partial charge in [-0.1, -0.05) is 36.4 Å². The number of aryl methyl sites for hydroxylation is 1. The van der Waals surface area contributed by atoms with Gasteiger partial charge in [-0.3, -0.25) is 4.79 Å². The molecule has 0 saturated carbocycles. The minimum atomic E-state index is -0.232. The molecule has 29 heavy (non-hydrogen) atoms. The van der Waals surface area contributed by atoms with E-state index in [1.165, 1.54) is 6.20 Å². The van der Waals surface area contributed by atoms with Crippen molar-refractivity contribution in [3.8, 4) is 11.5 Å². The van der Waals surface area contributed by atoms with Gasteiger partial charge >= 0.3 is 0 Å². The number of methoxy groups -OCH3 is 2. The van der Waals surface area contributed by atoms with Crippen LogP contribution in [0.15, 0.2) is 54.7 Å². The number of nitrogens with one attached hydrogen (secondary N) is 2. The number of anilines is 1. The summed E-state index contributed by atoms with van der Waals surface area (Å²) < 4.78 is 10.7. The summed E-state index contributed by atoms with van der Waals surface area (Å²) in [6.45, 7) is 2.66. The third kappa shape index (κ3) is 5.01. The second kappa shape index (κ2) is 9.54. The summed E-state index contributed by atoms with van der Waals surface area (Å²) in [4.78, 5) is 21.2. The third-order valence-electron chi connectivity index (χ3n) is 4.49. The number of hydrogen-bond donors (Lipinski definition) is 2. The standard InChI is InChI=1S/C22H24N4O3/c1-15-18(21(27)23-12-16-8-4-6-10-19(16)28-2)14-25-22(26-15)24-13-17-9-5-7-11-20(17)29-3/h4-11,14H,12-13H2,1-3H3,(H,23,27)(H,24,25,26). The maximum atomic E-state index is 12.5. The van der Waals surface area contributed by atoms with Crippen molar-refractivity contribution in [3.05, 3.63) is 77.1 Å². The molecule has 0 saturated heterocycles. The van der Waals surface area contributed by atoms with Crippen LogP contribution in [0.25, 0.3) is 0 Å². The van der Waals surface area contributed by atoms with Gasteiger partial charge in [0.15, 0.2) is 0 Å². The zero-order chi connectivity index (χ0) is 20.6. The fourth-order valence-electron chi connectivity index (χ4n) is 2.92. The number of aromatic nitrogens is 2. The fraction of sp³-hybridized carbons (Fsp3) is 0.227. The predicted molar refractivity (Wildman–Crippen MR) is 111 cm³/mol. The Morgan fingerprint density at radius 2 is 1.52 bits per heavy atom. The molecule has 0 unspecified atom stereocenters. The van der Waals surface area contributed by atoms with Crippen molar-refractivity contribution in [1.29, 1.82) is 0 Å². The molecule has 3 aromatic rings. The van der Waals surface area contributed by atoms with Crippen LogP contribution in [-0.4, -0.2) is 30.1 Å². The normalized spacial score (nSPS) is 10.3. The molecule has 7 nitrogen and oxygen atoms in total. The van der Waals surface area contributed by atoms with Gasteiger partial charge in [-0.15, -0.1) is 0 Å². The lowest BCUT2D eigenvalue weighted by atomic mass is 10.2. The Kier molecular flexibility index (Phi) is 6.63. The van der Waals surface area contributed by atoms with Crippen LogP contribution in [0, 0.1) is 6.92 Å². The van der Waals surface area contributed by atoms with Crippen molar-refractivity contribution in [2.24, 2.45) is 0 Å². The van der Waals surface area contributed by atoms with Crippen LogP contribution < -0.4 is 20.1 Å². The summed E-state index contributed by atoms with van der Waals surface area (Å²) in [6, 6.07) is 15.3. The van der Waals surface area contributed by atoms with E-state index in [4.69, 9.17) is 9.47 Å². The molecule has 0 spiro atoms. The minimum Gasteiger partial charge on any atom is -0.496 e. The number of amides is 1. The Bertz CT molecular complexity index is 991. The number of nitrogens with zero attached hydrogens (tertiary/aromatic N) is 2. The lowest BCUT2D eigenvalue weighted by Crippen LogP contribution is -2.24. The number of carbonyl (C=O) groups excluding carboxylic acids is 1. The Morgan fingerprint density at radius 1 is 0.931 bits per heavy atom. The largest absolute Gasteiger partial charge is 0.496 e. The molecule has 0 fully saturated rings. The topological polar surface area (TPSA) is 85.4 Å². The minimum absolute atomic E-state index is 0.232. The highest BCUT2D eigenvalue weighted by Gasteiger charge is 2.13. The van der Waals surface area contributed by atoms with Crippen LogP contribution in [0.4, 0.5) is 5.95 Å². The van der Waals surface area contributed by atoms with Gasteiger partial charge in [0.2, 0.25) is 5.95 Å². The summed E-state index contributed by atoms with van der Waals surface area (Å²) in [7, 11) is 3.24. The molecule has 0 radical (unpaired) electrons.